The fourth-order valence-corrected chi connectivity index (χ4v) is 3.40. The minimum Gasteiger partial charge on any atom is -0.497 e. The molecule has 1 aliphatic carbocycles. The van der Waals surface area contributed by atoms with Crippen LogP contribution in [0.3, 0.4) is 0 Å². The summed E-state index contributed by atoms with van der Waals surface area (Å²) in [5, 5.41) is 0. The van der Waals surface area contributed by atoms with Crippen molar-refractivity contribution in [2.24, 2.45) is 0 Å². The molecule has 5 heteroatoms. The van der Waals surface area contributed by atoms with Crippen molar-refractivity contribution in [3.63, 3.8) is 0 Å². The third-order valence-corrected chi connectivity index (χ3v) is 4.86. The predicted molar refractivity (Wildman–Crippen MR) is 74.1 cm³/mol. The molecule has 1 fully saturated rings. The molecule has 19 heavy (non-hydrogen) atoms. The molecule has 4 rings (SSSR count). The fourth-order valence-electron chi connectivity index (χ4n) is 2.41. The van der Waals surface area contributed by atoms with Crippen molar-refractivity contribution < 1.29 is 9.53 Å². The lowest BCUT2D eigenvalue weighted by molar-refractivity contribution is -0.109. The molecule has 0 atom stereocenters. The molecule has 1 aliphatic rings. The molecule has 0 unspecified atom stereocenters. The quantitative estimate of drug-likeness (QED) is 0.689. The van der Waals surface area contributed by atoms with E-state index in [0.29, 0.717) is 0 Å². The molecular formula is C14H12N2O2S. The Balaban J connectivity index is 1.96. The van der Waals surface area contributed by atoms with Gasteiger partial charge in [-0.3, -0.25) is 4.40 Å². The van der Waals surface area contributed by atoms with Crippen LogP contribution in [0.4, 0.5) is 0 Å². The third kappa shape index (κ3) is 1.45. The van der Waals surface area contributed by atoms with Gasteiger partial charge >= 0.3 is 0 Å². The van der Waals surface area contributed by atoms with Gasteiger partial charge in [0.2, 0.25) is 0 Å². The largest absolute Gasteiger partial charge is 0.497 e. The molecule has 4 nitrogen and oxygen atoms in total. The highest BCUT2D eigenvalue weighted by molar-refractivity contribution is 7.23. The van der Waals surface area contributed by atoms with E-state index < -0.39 is 0 Å². The summed E-state index contributed by atoms with van der Waals surface area (Å²) in [6.45, 7) is 0. The molecule has 0 radical (unpaired) electrons. The van der Waals surface area contributed by atoms with Gasteiger partial charge in [0.15, 0.2) is 4.96 Å². The standard InChI is InChI=1S/C14H12N2O2S/c1-18-9-2-3-11-10(6-9)16-7-12(15-13(16)19-11)14(8-17)4-5-14/h2-3,6-8H,4-5H2,1H3. The summed E-state index contributed by atoms with van der Waals surface area (Å²) in [6, 6.07) is 6.00. The average Bonchev–Trinajstić information content (AvgIpc) is 3.02. The Kier molecular flexibility index (Phi) is 2.07. The maximum absolute atomic E-state index is 11.2. The predicted octanol–water partition coefficient (Wildman–Crippen LogP) is 2.79. The molecule has 0 spiro atoms. The summed E-state index contributed by atoms with van der Waals surface area (Å²) in [6.07, 6.45) is 4.88. The second kappa shape index (κ2) is 3.57. The van der Waals surface area contributed by atoms with Gasteiger partial charge in [0, 0.05) is 12.3 Å². The van der Waals surface area contributed by atoms with Gasteiger partial charge in [-0.05, 0) is 25.0 Å². The maximum Gasteiger partial charge on any atom is 0.194 e. The first-order chi connectivity index (χ1) is 9.25. The van der Waals surface area contributed by atoms with Crippen molar-refractivity contribution in [1.82, 2.24) is 9.38 Å². The van der Waals surface area contributed by atoms with Crippen LogP contribution in [0.5, 0.6) is 5.75 Å². The van der Waals surface area contributed by atoms with E-state index in [9.17, 15) is 4.79 Å². The monoisotopic (exact) mass is 272 g/mol. The van der Waals surface area contributed by atoms with E-state index in [1.54, 1.807) is 18.4 Å². The topological polar surface area (TPSA) is 43.6 Å². The zero-order valence-corrected chi connectivity index (χ0v) is 11.2. The Hall–Kier alpha value is -1.88. The first kappa shape index (κ1) is 11.0. The molecule has 96 valence electrons. The van der Waals surface area contributed by atoms with Crippen molar-refractivity contribution in [2.45, 2.75) is 18.3 Å². The number of aldehydes is 1. The second-order valence-electron chi connectivity index (χ2n) is 4.99. The Morgan fingerprint density at radius 2 is 2.32 bits per heavy atom. The van der Waals surface area contributed by atoms with Crippen LogP contribution < -0.4 is 4.74 Å². The number of hydrogen-bond donors (Lipinski definition) is 0. The smallest absolute Gasteiger partial charge is 0.194 e. The van der Waals surface area contributed by atoms with Crippen molar-refractivity contribution in [3.05, 3.63) is 30.1 Å². The molecule has 0 saturated heterocycles. The van der Waals surface area contributed by atoms with Crippen LogP contribution in [-0.2, 0) is 10.2 Å². The van der Waals surface area contributed by atoms with E-state index >= 15 is 0 Å². The minimum atomic E-state index is -0.309. The average molecular weight is 272 g/mol. The first-order valence-corrected chi connectivity index (χ1v) is 7.00. The van der Waals surface area contributed by atoms with Crippen molar-refractivity contribution in [3.8, 4) is 5.75 Å². The number of benzene rings is 1. The Bertz CT molecular complexity index is 798. The summed E-state index contributed by atoms with van der Waals surface area (Å²) < 4.78 is 8.49. The highest BCUT2D eigenvalue weighted by Crippen LogP contribution is 2.46. The van der Waals surface area contributed by atoms with Gasteiger partial charge in [-0.15, -0.1) is 0 Å². The Morgan fingerprint density at radius 3 is 3.00 bits per heavy atom. The van der Waals surface area contributed by atoms with E-state index in [4.69, 9.17) is 4.74 Å². The number of fused-ring (bicyclic) bond motifs is 3. The van der Waals surface area contributed by atoms with E-state index in [1.165, 1.54) is 4.70 Å². The Labute approximate surface area is 113 Å². The molecule has 1 saturated carbocycles. The van der Waals surface area contributed by atoms with Gasteiger partial charge in [-0.25, -0.2) is 4.98 Å². The van der Waals surface area contributed by atoms with Gasteiger partial charge in [0.25, 0.3) is 0 Å². The molecule has 0 N–H and O–H groups in total. The summed E-state index contributed by atoms with van der Waals surface area (Å²) in [7, 11) is 1.66. The number of thiazole rings is 1. The van der Waals surface area contributed by atoms with Crippen LogP contribution in [0.15, 0.2) is 24.4 Å². The normalized spacial score (nSPS) is 16.9. The number of carbonyl (C=O) groups is 1. The summed E-state index contributed by atoms with van der Waals surface area (Å²) in [4.78, 5) is 16.7. The fraction of sp³-hybridized carbons (Fsp3) is 0.286. The number of imidazole rings is 1. The van der Waals surface area contributed by atoms with Gasteiger partial charge in [-0.1, -0.05) is 11.3 Å². The first-order valence-electron chi connectivity index (χ1n) is 6.18. The Morgan fingerprint density at radius 1 is 1.47 bits per heavy atom. The number of carbonyl (C=O) groups excluding carboxylic acids is 1. The third-order valence-electron chi connectivity index (χ3n) is 3.82. The molecule has 2 heterocycles. The van der Waals surface area contributed by atoms with Gasteiger partial charge in [-0.2, -0.15) is 0 Å². The number of rotatable bonds is 3. The van der Waals surface area contributed by atoms with Crippen molar-refractivity contribution >= 4 is 32.8 Å². The lowest BCUT2D eigenvalue weighted by Crippen LogP contribution is -2.07. The van der Waals surface area contributed by atoms with E-state index in [2.05, 4.69) is 9.38 Å². The molecule has 0 bridgehead atoms. The lowest BCUT2D eigenvalue weighted by Gasteiger charge is -2.00. The highest BCUT2D eigenvalue weighted by atomic mass is 32.1. The zero-order valence-electron chi connectivity index (χ0n) is 10.4. The second-order valence-corrected chi connectivity index (χ2v) is 6.00. The number of methoxy groups -OCH3 is 1. The SMILES string of the molecule is COc1ccc2sc3nc(C4(C=O)CC4)cn3c2c1. The molecule has 3 aromatic rings. The molecule has 2 aromatic heterocycles. The number of aromatic nitrogens is 2. The van der Waals surface area contributed by atoms with Crippen molar-refractivity contribution in [1.29, 1.82) is 0 Å². The van der Waals surface area contributed by atoms with E-state index in [1.807, 2.05) is 24.4 Å². The summed E-state index contributed by atoms with van der Waals surface area (Å²) >= 11 is 1.64. The number of nitrogens with zero attached hydrogens (tertiary/aromatic N) is 2. The number of hydrogen-bond acceptors (Lipinski definition) is 4. The van der Waals surface area contributed by atoms with Crippen LogP contribution in [-0.4, -0.2) is 22.8 Å². The molecule has 0 aliphatic heterocycles. The molecule has 1 aromatic carbocycles. The van der Waals surface area contributed by atoms with E-state index in [0.717, 1.165) is 41.0 Å². The molecular weight excluding hydrogens is 260 g/mol. The van der Waals surface area contributed by atoms with Crippen LogP contribution in [0.1, 0.15) is 18.5 Å². The van der Waals surface area contributed by atoms with Gasteiger partial charge in [0.1, 0.15) is 12.0 Å². The lowest BCUT2D eigenvalue weighted by atomic mass is 10.1. The summed E-state index contributed by atoms with van der Waals surface area (Å²) in [5.74, 6) is 0.832. The van der Waals surface area contributed by atoms with Gasteiger partial charge < -0.3 is 9.53 Å². The van der Waals surface area contributed by atoms with Gasteiger partial charge in [0.05, 0.1) is 28.4 Å². The number of ether oxygens (including phenoxy) is 1. The van der Waals surface area contributed by atoms with E-state index in [-0.39, 0.29) is 5.41 Å². The van der Waals surface area contributed by atoms with Crippen molar-refractivity contribution in [2.75, 3.05) is 7.11 Å². The van der Waals surface area contributed by atoms with Crippen LogP contribution in [0.25, 0.3) is 15.2 Å². The summed E-state index contributed by atoms with van der Waals surface area (Å²) in [5.41, 5.74) is 1.68. The maximum atomic E-state index is 11.2. The van der Waals surface area contributed by atoms with Crippen LogP contribution >= 0.6 is 11.3 Å². The highest BCUT2D eigenvalue weighted by Gasteiger charge is 2.46. The van der Waals surface area contributed by atoms with Crippen LogP contribution in [0.2, 0.25) is 0 Å². The molecule has 0 amide bonds. The minimum absolute atomic E-state index is 0.309. The van der Waals surface area contributed by atoms with Crippen LogP contribution in [0, 0.1) is 0 Å². The zero-order chi connectivity index (χ0) is 13.0.